The van der Waals surface area contributed by atoms with Crippen molar-refractivity contribution in [1.29, 1.82) is 5.41 Å². The number of piperidine rings is 1. The predicted octanol–water partition coefficient (Wildman–Crippen LogP) is 2.12. The monoisotopic (exact) mass is 508 g/mol. The van der Waals surface area contributed by atoms with Crippen molar-refractivity contribution >= 4 is 38.3 Å². The average Bonchev–Trinajstić information content (AvgIpc) is 2.88. The fourth-order valence-corrected chi connectivity index (χ4v) is 6.20. The summed E-state index contributed by atoms with van der Waals surface area (Å²) in [6.45, 7) is 0.205. The van der Waals surface area contributed by atoms with Gasteiger partial charge in [0.1, 0.15) is 5.84 Å². The van der Waals surface area contributed by atoms with Gasteiger partial charge >= 0.3 is 5.97 Å². The minimum Gasteiger partial charge on any atom is -0.481 e. The molecule has 0 bridgehead atoms. The quantitative estimate of drug-likeness (QED) is 0.280. The second-order valence-electron chi connectivity index (χ2n) is 9.09. The molecule has 0 radical (unpaired) electrons. The summed E-state index contributed by atoms with van der Waals surface area (Å²) in [6, 6.07) is 18.2. The molecule has 1 aliphatic rings. The zero-order valence-electron chi connectivity index (χ0n) is 19.6. The van der Waals surface area contributed by atoms with Crippen molar-refractivity contribution in [1.82, 2.24) is 4.90 Å². The maximum Gasteiger partial charge on any atom is 0.306 e. The number of carbonyl (C=O) groups is 2. The smallest absolute Gasteiger partial charge is 0.306 e. The number of fused-ring (bicyclic) bond motifs is 1. The fraction of sp³-hybridized carbons (Fsp3) is 0.269. The standard InChI is InChI=1S/C26H28N4O5S/c27-23(28)19-7-5-17(6-8-19)16-26(29,25(33)30-13-11-20(12-14-30)24(31)32)36(34,35)22-10-9-18-3-1-2-4-21(18)15-22/h1-10,15,20H,11-14,16,29H2,(H3,27,28)(H,31,32)/t26-/m1/s1. The highest BCUT2D eigenvalue weighted by Gasteiger charge is 2.50. The number of benzene rings is 3. The molecule has 10 heteroatoms. The van der Waals surface area contributed by atoms with Gasteiger partial charge in [-0.05, 0) is 41.3 Å². The molecule has 1 amide bonds. The van der Waals surface area contributed by atoms with Crippen molar-refractivity contribution in [3.63, 3.8) is 0 Å². The van der Waals surface area contributed by atoms with Gasteiger partial charge in [0.15, 0.2) is 0 Å². The van der Waals surface area contributed by atoms with Crippen molar-refractivity contribution in [3.8, 4) is 0 Å². The SMILES string of the molecule is N=C(N)c1ccc(C[C@](N)(C(=O)N2CCC(C(=O)O)CC2)S(=O)(=O)c2ccc3ccccc3c2)cc1. The summed E-state index contributed by atoms with van der Waals surface area (Å²) < 4.78 is 28.0. The van der Waals surface area contributed by atoms with E-state index in [9.17, 15) is 23.1 Å². The predicted molar refractivity (Wildman–Crippen MR) is 136 cm³/mol. The molecule has 1 fully saturated rings. The van der Waals surface area contributed by atoms with E-state index in [1.807, 2.05) is 12.1 Å². The summed E-state index contributed by atoms with van der Waals surface area (Å²) in [7, 11) is -4.39. The number of rotatable bonds is 7. The molecule has 1 aliphatic heterocycles. The number of nitrogens with two attached hydrogens (primary N) is 2. The van der Waals surface area contributed by atoms with Crippen molar-refractivity contribution in [2.75, 3.05) is 13.1 Å². The van der Waals surface area contributed by atoms with Crippen LogP contribution in [0.15, 0.2) is 71.6 Å². The maximum atomic E-state index is 14.0. The molecule has 0 aliphatic carbocycles. The van der Waals surface area contributed by atoms with E-state index in [-0.39, 0.29) is 43.1 Å². The highest BCUT2D eigenvalue weighted by molar-refractivity contribution is 7.93. The van der Waals surface area contributed by atoms with Crippen LogP contribution in [0.1, 0.15) is 24.0 Å². The lowest BCUT2D eigenvalue weighted by atomic mass is 9.96. The number of nitrogens with one attached hydrogen (secondary N) is 1. The number of carboxylic acid groups (broad SMARTS) is 1. The highest BCUT2D eigenvalue weighted by atomic mass is 32.2. The van der Waals surface area contributed by atoms with Gasteiger partial charge in [-0.1, -0.05) is 54.6 Å². The zero-order valence-corrected chi connectivity index (χ0v) is 20.4. The van der Waals surface area contributed by atoms with Crippen LogP contribution in [0.5, 0.6) is 0 Å². The lowest BCUT2D eigenvalue weighted by Crippen LogP contribution is -2.62. The summed E-state index contributed by atoms with van der Waals surface area (Å²) in [5.74, 6) is -2.43. The van der Waals surface area contributed by atoms with Crippen molar-refractivity contribution in [3.05, 3.63) is 77.9 Å². The summed E-state index contributed by atoms with van der Waals surface area (Å²) in [5, 5.41) is 18.4. The van der Waals surface area contributed by atoms with Gasteiger partial charge in [-0.15, -0.1) is 0 Å². The van der Waals surface area contributed by atoms with E-state index in [1.165, 1.54) is 17.0 Å². The molecule has 1 saturated heterocycles. The van der Waals surface area contributed by atoms with Gasteiger partial charge in [0.2, 0.25) is 14.7 Å². The third kappa shape index (κ3) is 4.69. The largest absolute Gasteiger partial charge is 0.481 e. The van der Waals surface area contributed by atoms with Crippen molar-refractivity contribution in [2.45, 2.75) is 29.0 Å². The summed E-state index contributed by atoms with van der Waals surface area (Å²) >= 11 is 0. The third-order valence-electron chi connectivity index (χ3n) is 6.74. The van der Waals surface area contributed by atoms with E-state index < -0.39 is 32.5 Å². The van der Waals surface area contributed by atoms with Gasteiger partial charge in [-0.3, -0.25) is 15.0 Å². The molecule has 0 spiro atoms. The normalized spacial score (nSPS) is 16.4. The van der Waals surface area contributed by atoms with Gasteiger partial charge in [-0.25, -0.2) is 8.42 Å². The molecule has 9 nitrogen and oxygen atoms in total. The van der Waals surface area contributed by atoms with Crippen LogP contribution >= 0.6 is 0 Å². The van der Waals surface area contributed by atoms with E-state index in [2.05, 4.69) is 0 Å². The van der Waals surface area contributed by atoms with E-state index in [0.717, 1.165) is 5.39 Å². The second-order valence-corrected chi connectivity index (χ2v) is 11.3. The molecule has 1 heterocycles. The number of hydrogen-bond donors (Lipinski definition) is 4. The number of nitrogen functional groups attached to an aromatic ring is 1. The van der Waals surface area contributed by atoms with Crippen LogP contribution in [0.2, 0.25) is 0 Å². The molecule has 0 saturated carbocycles. The first-order chi connectivity index (χ1) is 17.0. The van der Waals surface area contributed by atoms with Crippen molar-refractivity contribution in [2.24, 2.45) is 17.4 Å². The topological polar surface area (TPSA) is 168 Å². The van der Waals surface area contributed by atoms with Crippen molar-refractivity contribution < 1.29 is 23.1 Å². The first kappa shape index (κ1) is 25.3. The fourth-order valence-electron chi connectivity index (χ4n) is 4.53. The number of aliphatic carboxylic acids is 1. The minimum absolute atomic E-state index is 0.0715. The minimum atomic E-state index is -4.39. The van der Waals surface area contributed by atoms with Crippen LogP contribution in [0, 0.1) is 11.3 Å². The lowest BCUT2D eigenvalue weighted by molar-refractivity contribution is -0.146. The van der Waals surface area contributed by atoms with Crippen LogP contribution in [-0.2, 0) is 25.8 Å². The number of hydrogen-bond acceptors (Lipinski definition) is 6. The molecule has 36 heavy (non-hydrogen) atoms. The molecule has 4 rings (SSSR count). The average molecular weight is 509 g/mol. The Kier molecular flexibility index (Phi) is 6.83. The Labute approximate surface area is 209 Å². The van der Waals surface area contributed by atoms with Gasteiger partial charge < -0.3 is 21.5 Å². The van der Waals surface area contributed by atoms with Crippen LogP contribution in [0.25, 0.3) is 10.8 Å². The number of sulfone groups is 1. The third-order valence-corrected chi connectivity index (χ3v) is 8.89. The number of amides is 1. The Morgan fingerprint density at radius 3 is 2.19 bits per heavy atom. The first-order valence-electron chi connectivity index (χ1n) is 11.5. The molecule has 3 aromatic rings. The van der Waals surface area contributed by atoms with Gasteiger partial charge in [-0.2, -0.15) is 0 Å². The number of nitrogens with zero attached hydrogens (tertiary/aromatic N) is 1. The van der Waals surface area contributed by atoms with Gasteiger partial charge in [0, 0.05) is 25.1 Å². The Bertz CT molecular complexity index is 1430. The second kappa shape index (κ2) is 9.71. The Balaban J connectivity index is 1.75. The number of likely N-dealkylation sites (tertiary alicyclic amines) is 1. The molecule has 1 atom stereocenters. The lowest BCUT2D eigenvalue weighted by Gasteiger charge is -2.37. The van der Waals surface area contributed by atoms with Gasteiger partial charge in [0.05, 0.1) is 10.8 Å². The highest BCUT2D eigenvalue weighted by Crippen LogP contribution is 2.31. The van der Waals surface area contributed by atoms with E-state index >= 15 is 0 Å². The van der Waals surface area contributed by atoms with Crippen LogP contribution < -0.4 is 11.5 Å². The molecule has 0 unspecified atom stereocenters. The van der Waals surface area contributed by atoms with Gasteiger partial charge in [0.25, 0.3) is 5.91 Å². The number of carboxylic acids is 1. The summed E-state index contributed by atoms with van der Waals surface area (Å²) in [4.78, 5) is 24.1. The van der Waals surface area contributed by atoms with Crippen LogP contribution in [0.3, 0.4) is 0 Å². The Morgan fingerprint density at radius 1 is 1.00 bits per heavy atom. The summed E-state index contributed by atoms with van der Waals surface area (Å²) in [6.07, 6.45) is 0.138. The van der Waals surface area contributed by atoms with E-state index in [4.69, 9.17) is 16.9 Å². The molecular weight excluding hydrogens is 480 g/mol. The Morgan fingerprint density at radius 2 is 1.61 bits per heavy atom. The first-order valence-corrected chi connectivity index (χ1v) is 13.0. The van der Waals surface area contributed by atoms with E-state index in [1.54, 1.807) is 42.5 Å². The molecule has 3 aromatic carbocycles. The summed E-state index contributed by atoms with van der Waals surface area (Å²) in [5.41, 5.74) is 13.1. The Hall–Kier alpha value is -3.76. The van der Waals surface area contributed by atoms with E-state index in [0.29, 0.717) is 16.5 Å². The van der Waals surface area contributed by atoms with Crippen LogP contribution in [-0.4, -0.2) is 54.1 Å². The number of amidine groups is 1. The molecule has 188 valence electrons. The molecular formula is C26H28N4O5S. The molecule has 0 aromatic heterocycles. The van der Waals surface area contributed by atoms with Crippen LogP contribution in [0.4, 0.5) is 0 Å². The zero-order chi connectivity index (χ0) is 26.1. The molecule has 6 N–H and O–H groups in total. The number of carbonyl (C=O) groups excluding carboxylic acids is 1. The maximum absolute atomic E-state index is 14.0.